The summed E-state index contributed by atoms with van der Waals surface area (Å²) in [5.74, 6) is 0. The summed E-state index contributed by atoms with van der Waals surface area (Å²) in [5.41, 5.74) is 22.5. The Labute approximate surface area is 428 Å². The Hall–Kier alpha value is -9.14. The molecule has 0 saturated heterocycles. The summed E-state index contributed by atoms with van der Waals surface area (Å²) in [4.78, 5) is 0. The summed E-state index contributed by atoms with van der Waals surface area (Å²) in [5, 5.41) is 10.2. The highest BCUT2D eigenvalue weighted by atomic mass is 32.1. The van der Waals surface area contributed by atoms with Crippen LogP contribution >= 0.6 is 11.3 Å². The summed E-state index contributed by atoms with van der Waals surface area (Å²) in [6.45, 7) is 0. The molecule has 13 aromatic carbocycles. The zero-order valence-electron chi connectivity index (χ0n) is 39.8. The summed E-state index contributed by atoms with van der Waals surface area (Å²) in [6, 6.07) is 99.3. The second-order valence-electron chi connectivity index (χ2n) is 19.3. The molecule has 0 bridgehead atoms. The summed E-state index contributed by atoms with van der Waals surface area (Å²) in [6.07, 6.45) is 0. The van der Waals surface area contributed by atoms with E-state index in [-0.39, 0.29) is 0 Å². The van der Waals surface area contributed by atoms with Gasteiger partial charge in [-0.05, 0) is 145 Å². The van der Waals surface area contributed by atoms with Gasteiger partial charge in [-0.25, -0.2) is 0 Å². The Morgan fingerprint density at radius 1 is 0.192 bits per heavy atom. The fraction of sp³-hybridized carbons (Fsp3) is 0. The molecule has 0 nitrogen and oxygen atoms in total. The zero-order chi connectivity index (χ0) is 48.0. The lowest BCUT2D eigenvalue weighted by atomic mass is 9.76. The van der Waals surface area contributed by atoms with Crippen LogP contribution in [0.25, 0.3) is 153 Å². The number of hydrogen-bond donors (Lipinski definition) is 0. The van der Waals surface area contributed by atoms with Crippen molar-refractivity contribution in [2.45, 2.75) is 0 Å². The number of thiophene rings is 1. The van der Waals surface area contributed by atoms with E-state index in [0.29, 0.717) is 0 Å². The maximum absolute atomic E-state index is 2.52. The van der Waals surface area contributed by atoms with Crippen LogP contribution in [0.5, 0.6) is 0 Å². The van der Waals surface area contributed by atoms with Gasteiger partial charge in [-0.2, -0.15) is 0 Å². The molecule has 1 aliphatic rings. The number of rotatable bonds is 7. The van der Waals surface area contributed by atoms with Crippen molar-refractivity contribution in [2.24, 2.45) is 0 Å². The highest BCUT2D eigenvalue weighted by molar-refractivity contribution is 7.26. The quantitative estimate of drug-likeness (QED) is 0.140. The fourth-order valence-corrected chi connectivity index (χ4v) is 13.7. The van der Waals surface area contributed by atoms with Crippen LogP contribution in [0.3, 0.4) is 0 Å². The average molecular weight is 941 g/mol. The van der Waals surface area contributed by atoms with Crippen molar-refractivity contribution < 1.29 is 0 Å². The van der Waals surface area contributed by atoms with E-state index in [1.165, 1.54) is 153 Å². The van der Waals surface area contributed by atoms with Gasteiger partial charge >= 0.3 is 0 Å². The summed E-state index contributed by atoms with van der Waals surface area (Å²) >= 11 is 1.91. The van der Waals surface area contributed by atoms with E-state index in [1.807, 2.05) is 11.3 Å². The summed E-state index contributed by atoms with van der Waals surface area (Å²) < 4.78 is 2.61. The molecule has 1 heterocycles. The van der Waals surface area contributed by atoms with E-state index in [1.54, 1.807) is 0 Å². The first kappa shape index (κ1) is 41.6. The van der Waals surface area contributed by atoms with Crippen LogP contribution in [0, 0.1) is 0 Å². The maximum atomic E-state index is 2.52. The molecule has 15 rings (SSSR count). The van der Waals surface area contributed by atoms with Gasteiger partial charge in [0.15, 0.2) is 0 Å². The lowest BCUT2D eigenvalue weighted by Crippen LogP contribution is -1.99. The molecule has 73 heavy (non-hydrogen) atoms. The van der Waals surface area contributed by atoms with Crippen LogP contribution in [-0.4, -0.2) is 0 Å². The van der Waals surface area contributed by atoms with Gasteiger partial charge in [0, 0.05) is 25.7 Å². The van der Waals surface area contributed by atoms with Gasteiger partial charge in [-0.3, -0.25) is 0 Å². The van der Waals surface area contributed by atoms with E-state index >= 15 is 0 Å². The van der Waals surface area contributed by atoms with Gasteiger partial charge in [0.2, 0.25) is 0 Å². The zero-order valence-corrected chi connectivity index (χ0v) is 40.6. The lowest BCUT2D eigenvalue weighted by molar-refractivity contribution is 1.54. The fourth-order valence-electron chi connectivity index (χ4n) is 12.4. The highest BCUT2D eigenvalue weighted by Gasteiger charge is 2.34. The molecular weight excluding hydrogens is 897 g/mol. The van der Waals surface area contributed by atoms with Gasteiger partial charge in [0.05, 0.1) is 0 Å². The van der Waals surface area contributed by atoms with E-state index in [4.69, 9.17) is 0 Å². The highest BCUT2D eigenvalue weighted by Crippen LogP contribution is 2.62. The first-order chi connectivity index (χ1) is 36.3. The molecule has 1 heteroatoms. The molecular formula is C72H44S. The molecule has 0 radical (unpaired) electrons. The minimum absolute atomic E-state index is 1.20. The Kier molecular flexibility index (Phi) is 9.55. The predicted octanol–water partition coefficient (Wildman–Crippen LogP) is 20.8. The van der Waals surface area contributed by atoms with Gasteiger partial charge in [-0.15, -0.1) is 11.3 Å². The first-order valence-corrected chi connectivity index (χ1v) is 26.1. The van der Waals surface area contributed by atoms with Crippen molar-refractivity contribution in [1.82, 2.24) is 0 Å². The van der Waals surface area contributed by atoms with E-state index < -0.39 is 0 Å². The molecule has 1 aromatic heterocycles. The van der Waals surface area contributed by atoms with E-state index in [2.05, 4.69) is 267 Å². The third kappa shape index (κ3) is 6.39. The standard InChI is InChI=1S/C72H44S/c1-6-23-45(24-7-1)63-54-34-16-18-36-56(54)64(57-37-19-17-35-55(57)63)50-43-60(72-61(44-50)52-33-20-21-40-62(52)73-72)51-41-42-59-69-53(51)38-22-39-58(69)70-67(48-29-12-4-13-30-48)65(46-25-8-2-9-26-46)66(47-27-10-3-11-28-47)68(71(59)70)49-31-14-5-15-32-49/h1-44H. The van der Waals surface area contributed by atoms with Crippen molar-refractivity contribution in [1.29, 1.82) is 0 Å². The predicted molar refractivity (Wildman–Crippen MR) is 314 cm³/mol. The van der Waals surface area contributed by atoms with Gasteiger partial charge < -0.3 is 0 Å². The van der Waals surface area contributed by atoms with Crippen LogP contribution in [0.15, 0.2) is 267 Å². The summed E-state index contributed by atoms with van der Waals surface area (Å²) in [7, 11) is 0. The lowest BCUT2D eigenvalue weighted by Gasteiger charge is -2.26. The molecule has 338 valence electrons. The largest absolute Gasteiger partial charge is 0.135 e. The van der Waals surface area contributed by atoms with Gasteiger partial charge in [0.25, 0.3) is 0 Å². The third-order valence-electron chi connectivity index (χ3n) is 15.4. The third-order valence-corrected chi connectivity index (χ3v) is 16.6. The van der Waals surface area contributed by atoms with Gasteiger partial charge in [0.1, 0.15) is 0 Å². The molecule has 14 aromatic rings. The normalized spacial score (nSPS) is 11.8. The number of fused-ring (bicyclic) bond motifs is 8. The Bertz CT molecular complexity index is 4320. The second-order valence-corrected chi connectivity index (χ2v) is 20.4. The van der Waals surface area contributed by atoms with Crippen LogP contribution in [-0.2, 0) is 0 Å². The van der Waals surface area contributed by atoms with Crippen LogP contribution in [0.4, 0.5) is 0 Å². The van der Waals surface area contributed by atoms with Crippen molar-refractivity contribution in [2.75, 3.05) is 0 Å². The monoisotopic (exact) mass is 940 g/mol. The van der Waals surface area contributed by atoms with Crippen molar-refractivity contribution in [3.05, 3.63) is 267 Å². The Balaban J connectivity index is 1.07. The van der Waals surface area contributed by atoms with Crippen molar-refractivity contribution in [3.8, 4) is 100 Å². The minimum atomic E-state index is 1.20. The van der Waals surface area contributed by atoms with Crippen LogP contribution in [0.1, 0.15) is 0 Å². The number of benzene rings is 13. The maximum Gasteiger partial charge on any atom is 0.0434 e. The molecule has 0 N–H and O–H groups in total. The first-order valence-electron chi connectivity index (χ1n) is 25.3. The van der Waals surface area contributed by atoms with Crippen LogP contribution in [0.2, 0.25) is 0 Å². The van der Waals surface area contributed by atoms with Gasteiger partial charge in [-0.1, -0.05) is 249 Å². The van der Waals surface area contributed by atoms with Crippen molar-refractivity contribution in [3.63, 3.8) is 0 Å². The molecule has 0 saturated carbocycles. The molecule has 0 spiro atoms. The topological polar surface area (TPSA) is 0 Å². The SMILES string of the molecule is c1ccc(-c2c(-c3ccccc3)c(-c3ccccc3)c3c(c2-c2ccccc2)-c2cccc4c(-c5cc(-c6c7ccccc7c(-c7ccccc7)c7ccccc67)cc6c5sc5ccccc56)ccc-3c24)cc1. The molecule has 0 unspecified atom stereocenters. The van der Waals surface area contributed by atoms with E-state index in [9.17, 15) is 0 Å². The van der Waals surface area contributed by atoms with Crippen LogP contribution < -0.4 is 0 Å². The molecule has 0 aliphatic heterocycles. The average Bonchev–Trinajstić information content (AvgIpc) is 4.06. The minimum Gasteiger partial charge on any atom is -0.135 e. The molecule has 0 fully saturated rings. The number of hydrogen-bond acceptors (Lipinski definition) is 1. The van der Waals surface area contributed by atoms with E-state index in [0.717, 1.165) is 0 Å². The van der Waals surface area contributed by atoms with Crippen molar-refractivity contribution >= 4 is 63.8 Å². The Morgan fingerprint density at radius 2 is 0.548 bits per heavy atom. The second kappa shape index (κ2) is 16.7. The Morgan fingerprint density at radius 3 is 1.03 bits per heavy atom. The molecule has 0 amide bonds. The molecule has 1 aliphatic carbocycles. The molecule has 0 atom stereocenters. The smallest absolute Gasteiger partial charge is 0.0434 e.